The molecule has 0 amide bonds. The van der Waals surface area contributed by atoms with E-state index in [2.05, 4.69) is 15.2 Å². The van der Waals surface area contributed by atoms with Gasteiger partial charge in [0, 0.05) is 11.6 Å². The van der Waals surface area contributed by atoms with E-state index in [0.29, 0.717) is 0 Å². The molecule has 0 aromatic carbocycles. The van der Waals surface area contributed by atoms with Crippen LogP contribution < -0.4 is 0 Å². The molecule has 3 nitrogen and oxygen atoms in total. The Hall–Kier alpha value is -1.03. The predicted octanol–water partition coefficient (Wildman–Crippen LogP) is 2.10. The summed E-state index contributed by atoms with van der Waals surface area (Å²) in [5.41, 5.74) is 0.845. The quantitative estimate of drug-likeness (QED) is 0.679. The molecule has 4 heteroatoms. The fourth-order valence-electron chi connectivity index (χ4n) is 0.778. The molecule has 0 atom stereocenters. The Labute approximate surface area is 78.7 Å². The molecule has 0 fully saturated rings. The second-order valence-electron chi connectivity index (χ2n) is 1.81. The Balaban J connectivity index is 0.000000378. The van der Waals surface area contributed by atoms with Crippen molar-refractivity contribution in [3.05, 3.63) is 24.5 Å². The number of aromatic amines is 1. The van der Waals surface area contributed by atoms with Crippen LogP contribution in [0, 0.1) is 0 Å². The van der Waals surface area contributed by atoms with Gasteiger partial charge < -0.3 is 0 Å². The van der Waals surface area contributed by atoms with Gasteiger partial charge in [0.1, 0.15) is 0 Å². The van der Waals surface area contributed by atoms with Crippen molar-refractivity contribution in [3.8, 4) is 0 Å². The minimum Gasteiger partial charge on any atom is -0.261 e. The number of pyridine rings is 1. The molecule has 66 valence electrons. The summed E-state index contributed by atoms with van der Waals surface area (Å²) in [4.78, 5) is 4.02. The topological polar surface area (TPSA) is 41.6 Å². The third-order valence-electron chi connectivity index (χ3n) is 1.21. The first-order valence-corrected chi connectivity index (χ1v) is 3.71. The zero-order valence-electron chi connectivity index (χ0n) is 7.20. The standard InChI is InChI=1S/C6H5N3.C2H6.H2S/c1-2-5-4-8-9-6(5)7-3-1;1-2;/h1-4H,(H,7,8,9);1-2H3;1H2. The summed E-state index contributed by atoms with van der Waals surface area (Å²) in [5, 5.41) is 7.63. The molecule has 0 aliphatic rings. The summed E-state index contributed by atoms with van der Waals surface area (Å²) in [6.07, 6.45) is 3.49. The van der Waals surface area contributed by atoms with E-state index in [1.807, 2.05) is 26.0 Å². The molecule has 0 aliphatic carbocycles. The van der Waals surface area contributed by atoms with Crippen LogP contribution in [-0.2, 0) is 0 Å². The predicted molar refractivity (Wildman–Crippen MR) is 55.6 cm³/mol. The summed E-state index contributed by atoms with van der Waals surface area (Å²) in [5.74, 6) is 0. The molecular weight excluding hydrogens is 170 g/mol. The summed E-state index contributed by atoms with van der Waals surface area (Å²) < 4.78 is 0. The number of hydrogen-bond donors (Lipinski definition) is 1. The van der Waals surface area contributed by atoms with Gasteiger partial charge in [-0.1, -0.05) is 13.8 Å². The van der Waals surface area contributed by atoms with Crippen molar-refractivity contribution in [1.29, 1.82) is 0 Å². The van der Waals surface area contributed by atoms with Gasteiger partial charge in [-0.25, -0.2) is 4.98 Å². The third-order valence-corrected chi connectivity index (χ3v) is 1.21. The maximum absolute atomic E-state index is 4.02. The molecule has 0 saturated heterocycles. The summed E-state index contributed by atoms with van der Waals surface area (Å²) >= 11 is 0. The van der Waals surface area contributed by atoms with E-state index in [-0.39, 0.29) is 13.5 Å². The van der Waals surface area contributed by atoms with Crippen molar-refractivity contribution < 1.29 is 0 Å². The number of fused-ring (bicyclic) bond motifs is 1. The normalized spacial score (nSPS) is 8.17. The Morgan fingerprint density at radius 2 is 2.08 bits per heavy atom. The van der Waals surface area contributed by atoms with Crippen LogP contribution in [0.5, 0.6) is 0 Å². The zero-order valence-corrected chi connectivity index (χ0v) is 8.20. The number of nitrogens with zero attached hydrogens (tertiary/aromatic N) is 2. The first-order valence-electron chi connectivity index (χ1n) is 3.71. The minimum atomic E-state index is 0. The van der Waals surface area contributed by atoms with E-state index in [0.717, 1.165) is 11.0 Å². The van der Waals surface area contributed by atoms with Crippen LogP contribution in [0.3, 0.4) is 0 Å². The maximum Gasteiger partial charge on any atom is 0.155 e. The lowest BCUT2D eigenvalue weighted by atomic mass is 10.4. The fraction of sp³-hybridized carbons (Fsp3) is 0.250. The Morgan fingerprint density at radius 3 is 2.75 bits per heavy atom. The van der Waals surface area contributed by atoms with Gasteiger partial charge in [0.05, 0.1) is 6.20 Å². The molecule has 2 heterocycles. The molecule has 12 heavy (non-hydrogen) atoms. The summed E-state index contributed by atoms with van der Waals surface area (Å²) in [6.45, 7) is 4.00. The van der Waals surface area contributed by atoms with Gasteiger partial charge in [-0.2, -0.15) is 18.6 Å². The van der Waals surface area contributed by atoms with Gasteiger partial charge in [-0.15, -0.1) is 0 Å². The maximum atomic E-state index is 4.02. The smallest absolute Gasteiger partial charge is 0.155 e. The molecule has 2 rings (SSSR count). The van der Waals surface area contributed by atoms with Crippen LogP contribution in [0.2, 0.25) is 0 Å². The van der Waals surface area contributed by atoms with Gasteiger partial charge in [-0.05, 0) is 12.1 Å². The molecule has 0 bridgehead atoms. The molecule has 0 radical (unpaired) electrons. The number of aromatic nitrogens is 3. The first-order chi connectivity index (χ1) is 5.47. The number of H-pyrrole nitrogens is 1. The Kier molecular flexibility index (Phi) is 5.12. The number of rotatable bonds is 0. The van der Waals surface area contributed by atoms with E-state index < -0.39 is 0 Å². The lowest BCUT2D eigenvalue weighted by Crippen LogP contribution is -1.71. The highest BCUT2D eigenvalue weighted by molar-refractivity contribution is 7.59. The molecule has 0 unspecified atom stereocenters. The van der Waals surface area contributed by atoms with Crippen LogP contribution in [0.4, 0.5) is 0 Å². The van der Waals surface area contributed by atoms with Gasteiger partial charge in [0.15, 0.2) is 5.65 Å². The lowest BCUT2D eigenvalue weighted by molar-refractivity contribution is 1.10. The molecule has 2 aromatic heterocycles. The molecule has 2 aromatic rings. The fourth-order valence-corrected chi connectivity index (χ4v) is 0.778. The van der Waals surface area contributed by atoms with E-state index in [1.165, 1.54) is 0 Å². The summed E-state index contributed by atoms with van der Waals surface area (Å²) in [7, 11) is 0. The molecule has 0 aliphatic heterocycles. The van der Waals surface area contributed by atoms with Crippen LogP contribution in [0.1, 0.15) is 13.8 Å². The van der Waals surface area contributed by atoms with Crippen molar-refractivity contribution in [2.24, 2.45) is 0 Å². The van der Waals surface area contributed by atoms with Crippen LogP contribution in [0.25, 0.3) is 11.0 Å². The van der Waals surface area contributed by atoms with E-state index in [4.69, 9.17) is 0 Å². The summed E-state index contributed by atoms with van der Waals surface area (Å²) in [6, 6.07) is 3.85. The van der Waals surface area contributed by atoms with E-state index in [9.17, 15) is 0 Å². The monoisotopic (exact) mass is 183 g/mol. The van der Waals surface area contributed by atoms with E-state index >= 15 is 0 Å². The average Bonchev–Trinajstić information content (AvgIpc) is 2.55. The van der Waals surface area contributed by atoms with Crippen LogP contribution in [-0.4, -0.2) is 15.2 Å². The zero-order chi connectivity index (χ0) is 8.10. The SMILES string of the molecule is CC.S.c1cnc2[nH]ncc2c1. The highest BCUT2D eigenvalue weighted by Crippen LogP contribution is 2.03. The Bertz CT molecular complexity index is 288. The van der Waals surface area contributed by atoms with E-state index in [1.54, 1.807) is 12.4 Å². The van der Waals surface area contributed by atoms with Crippen molar-refractivity contribution in [2.45, 2.75) is 13.8 Å². The highest BCUT2D eigenvalue weighted by Gasteiger charge is 1.89. The van der Waals surface area contributed by atoms with Crippen molar-refractivity contribution in [3.63, 3.8) is 0 Å². The molecular formula is C8H13N3S. The minimum absolute atomic E-state index is 0. The third kappa shape index (κ3) is 2.23. The molecule has 1 N–H and O–H groups in total. The van der Waals surface area contributed by atoms with Crippen molar-refractivity contribution in [2.75, 3.05) is 0 Å². The molecule has 0 spiro atoms. The van der Waals surface area contributed by atoms with Crippen molar-refractivity contribution >= 4 is 24.5 Å². The van der Waals surface area contributed by atoms with Crippen LogP contribution in [0.15, 0.2) is 24.5 Å². The second kappa shape index (κ2) is 5.60. The number of hydrogen-bond acceptors (Lipinski definition) is 2. The van der Waals surface area contributed by atoms with Crippen LogP contribution >= 0.6 is 13.5 Å². The first kappa shape index (κ1) is 11.0. The highest BCUT2D eigenvalue weighted by atomic mass is 32.1. The second-order valence-corrected chi connectivity index (χ2v) is 1.81. The van der Waals surface area contributed by atoms with Gasteiger partial charge in [0.25, 0.3) is 0 Å². The van der Waals surface area contributed by atoms with Crippen molar-refractivity contribution in [1.82, 2.24) is 15.2 Å². The lowest BCUT2D eigenvalue weighted by Gasteiger charge is -1.80. The van der Waals surface area contributed by atoms with Gasteiger partial charge in [0.2, 0.25) is 0 Å². The van der Waals surface area contributed by atoms with Gasteiger partial charge in [-0.3, -0.25) is 5.10 Å². The average molecular weight is 183 g/mol. The van der Waals surface area contributed by atoms with Gasteiger partial charge >= 0.3 is 0 Å². The Morgan fingerprint density at radius 1 is 1.33 bits per heavy atom. The largest absolute Gasteiger partial charge is 0.261 e. The number of nitrogens with one attached hydrogen (secondary N) is 1. The molecule has 0 saturated carbocycles.